The molecule has 0 aliphatic heterocycles. The Labute approximate surface area is 141 Å². The van der Waals surface area contributed by atoms with E-state index in [0.717, 1.165) is 17.0 Å². The standard InChI is InChI=1S/C18H24N2O2S/c1-3-15(13-21)20(16-8-5-4-6-9-16)12-18(22)19-14(2)17-10-7-11-23-17/h4-11,14-15,21H,3,12-13H2,1-2H3,(H,19,22). The average molecular weight is 332 g/mol. The van der Waals surface area contributed by atoms with Gasteiger partial charge in [0.1, 0.15) is 0 Å². The summed E-state index contributed by atoms with van der Waals surface area (Å²) in [7, 11) is 0. The Balaban J connectivity index is 2.06. The molecule has 0 fully saturated rings. The Morgan fingerprint density at radius 3 is 2.57 bits per heavy atom. The van der Waals surface area contributed by atoms with Gasteiger partial charge in [0.2, 0.25) is 5.91 Å². The lowest BCUT2D eigenvalue weighted by molar-refractivity contribution is -0.120. The number of hydrogen-bond donors (Lipinski definition) is 2. The third-order valence-electron chi connectivity index (χ3n) is 3.87. The number of rotatable bonds is 8. The molecule has 124 valence electrons. The van der Waals surface area contributed by atoms with Gasteiger partial charge in [0.05, 0.1) is 25.2 Å². The van der Waals surface area contributed by atoms with Crippen LogP contribution in [0.1, 0.15) is 31.2 Å². The predicted octanol–water partition coefficient (Wildman–Crippen LogP) is 3.20. The van der Waals surface area contributed by atoms with Crippen LogP contribution in [0.25, 0.3) is 0 Å². The SMILES string of the molecule is CCC(CO)N(CC(=O)NC(C)c1cccs1)c1ccccc1. The fourth-order valence-electron chi connectivity index (χ4n) is 2.55. The molecule has 2 aromatic rings. The van der Waals surface area contributed by atoms with Crippen LogP contribution in [0.5, 0.6) is 0 Å². The molecule has 0 radical (unpaired) electrons. The van der Waals surface area contributed by atoms with E-state index in [1.807, 2.05) is 66.6 Å². The molecule has 1 heterocycles. The molecule has 1 aromatic carbocycles. The number of carbonyl (C=O) groups is 1. The van der Waals surface area contributed by atoms with E-state index in [0.29, 0.717) is 0 Å². The van der Waals surface area contributed by atoms with E-state index in [-0.39, 0.29) is 31.1 Å². The highest BCUT2D eigenvalue weighted by atomic mass is 32.1. The van der Waals surface area contributed by atoms with E-state index in [9.17, 15) is 9.90 Å². The van der Waals surface area contributed by atoms with Gasteiger partial charge in [-0.1, -0.05) is 31.2 Å². The molecule has 0 bridgehead atoms. The molecule has 0 saturated heterocycles. The lowest BCUT2D eigenvalue weighted by Gasteiger charge is -2.31. The van der Waals surface area contributed by atoms with Crippen molar-refractivity contribution < 1.29 is 9.90 Å². The molecule has 23 heavy (non-hydrogen) atoms. The number of aliphatic hydroxyl groups excluding tert-OH is 1. The van der Waals surface area contributed by atoms with Gasteiger partial charge in [0.25, 0.3) is 0 Å². The fourth-order valence-corrected chi connectivity index (χ4v) is 3.28. The van der Waals surface area contributed by atoms with Gasteiger partial charge < -0.3 is 15.3 Å². The van der Waals surface area contributed by atoms with E-state index >= 15 is 0 Å². The van der Waals surface area contributed by atoms with Crippen molar-refractivity contribution in [1.29, 1.82) is 0 Å². The minimum Gasteiger partial charge on any atom is -0.394 e. The van der Waals surface area contributed by atoms with Crippen molar-refractivity contribution in [1.82, 2.24) is 5.32 Å². The minimum absolute atomic E-state index is 0.00525. The summed E-state index contributed by atoms with van der Waals surface area (Å²) in [6.45, 7) is 4.26. The molecule has 2 atom stereocenters. The topological polar surface area (TPSA) is 52.6 Å². The molecule has 5 heteroatoms. The molecule has 0 spiro atoms. The van der Waals surface area contributed by atoms with Gasteiger partial charge in [-0.05, 0) is 36.9 Å². The van der Waals surface area contributed by atoms with Crippen LogP contribution in [0.3, 0.4) is 0 Å². The molecule has 0 aliphatic rings. The van der Waals surface area contributed by atoms with E-state index < -0.39 is 0 Å². The second kappa shape index (κ2) is 8.70. The molecule has 0 aliphatic carbocycles. The lowest BCUT2D eigenvalue weighted by Crippen LogP contribution is -2.45. The van der Waals surface area contributed by atoms with Gasteiger partial charge >= 0.3 is 0 Å². The van der Waals surface area contributed by atoms with Gasteiger partial charge in [-0.3, -0.25) is 4.79 Å². The Morgan fingerprint density at radius 1 is 1.26 bits per heavy atom. The zero-order chi connectivity index (χ0) is 16.7. The van der Waals surface area contributed by atoms with Crippen LogP contribution in [0.2, 0.25) is 0 Å². The van der Waals surface area contributed by atoms with Crippen molar-refractivity contribution in [3.05, 3.63) is 52.7 Å². The number of carbonyl (C=O) groups excluding carboxylic acids is 1. The second-order valence-corrected chi connectivity index (χ2v) is 6.49. The summed E-state index contributed by atoms with van der Waals surface area (Å²) in [4.78, 5) is 15.5. The van der Waals surface area contributed by atoms with Crippen LogP contribution in [-0.2, 0) is 4.79 Å². The number of nitrogens with one attached hydrogen (secondary N) is 1. The van der Waals surface area contributed by atoms with Crippen LogP contribution in [0.4, 0.5) is 5.69 Å². The average Bonchev–Trinajstić information content (AvgIpc) is 3.10. The maximum absolute atomic E-state index is 12.4. The van der Waals surface area contributed by atoms with Crippen LogP contribution < -0.4 is 10.2 Å². The van der Waals surface area contributed by atoms with E-state index in [4.69, 9.17) is 0 Å². The van der Waals surface area contributed by atoms with Crippen LogP contribution in [-0.4, -0.2) is 30.2 Å². The smallest absolute Gasteiger partial charge is 0.240 e. The van der Waals surface area contributed by atoms with Gasteiger partial charge in [0.15, 0.2) is 0 Å². The first-order chi connectivity index (χ1) is 11.2. The zero-order valence-electron chi connectivity index (χ0n) is 13.6. The Bertz CT molecular complexity index is 582. The van der Waals surface area contributed by atoms with Crippen molar-refractivity contribution in [2.45, 2.75) is 32.4 Å². The first-order valence-corrected chi connectivity index (χ1v) is 8.79. The molecule has 2 unspecified atom stereocenters. The highest BCUT2D eigenvalue weighted by Crippen LogP contribution is 2.20. The van der Waals surface area contributed by atoms with Crippen LogP contribution in [0, 0.1) is 0 Å². The van der Waals surface area contributed by atoms with Gasteiger partial charge in [-0.15, -0.1) is 11.3 Å². The molecular formula is C18H24N2O2S. The molecule has 4 nitrogen and oxygen atoms in total. The van der Waals surface area contributed by atoms with E-state index in [1.54, 1.807) is 11.3 Å². The van der Waals surface area contributed by atoms with E-state index in [1.165, 1.54) is 0 Å². The minimum atomic E-state index is -0.0693. The predicted molar refractivity (Wildman–Crippen MR) is 95.8 cm³/mol. The van der Waals surface area contributed by atoms with Crippen LogP contribution >= 0.6 is 11.3 Å². The summed E-state index contributed by atoms with van der Waals surface area (Å²) < 4.78 is 0. The zero-order valence-corrected chi connectivity index (χ0v) is 14.4. The molecular weight excluding hydrogens is 308 g/mol. The van der Waals surface area contributed by atoms with Crippen molar-refractivity contribution in [2.75, 3.05) is 18.1 Å². The maximum Gasteiger partial charge on any atom is 0.240 e. The summed E-state index contributed by atoms with van der Waals surface area (Å²) in [5, 5.41) is 14.7. The lowest BCUT2D eigenvalue weighted by atomic mass is 10.1. The largest absolute Gasteiger partial charge is 0.394 e. The number of nitrogens with zero attached hydrogens (tertiary/aromatic N) is 1. The number of anilines is 1. The first-order valence-electron chi connectivity index (χ1n) is 7.91. The first kappa shape index (κ1) is 17.5. The fraction of sp³-hybridized carbons (Fsp3) is 0.389. The van der Waals surface area contributed by atoms with E-state index in [2.05, 4.69) is 5.32 Å². The van der Waals surface area contributed by atoms with Crippen molar-refractivity contribution in [3.63, 3.8) is 0 Å². The molecule has 2 N–H and O–H groups in total. The van der Waals surface area contributed by atoms with Crippen LogP contribution in [0.15, 0.2) is 47.8 Å². The number of aliphatic hydroxyl groups is 1. The highest BCUT2D eigenvalue weighted by Gasteiger charge is 2.20. The third kappa shape index (κ3) is 4.81. The summed E-state index contributed by atoms with van der Waals surface area (Å²) in [6, 6.07) is 13.7. The summed E-state index contributed by atoms with van der Waals surface area (Å²) in [6.07, 6.45) is 0.777. The Hall–Kier alpha value is -1.85. The third-order valence-corrected chi connectivity index (χ3v) is 4.93. The quantitative estimate of drug-likeness (QED) is 0.780. The monoisotopic (exact) mass is 332 g/mol. The molecule has 2 rings (SSSR count). The highest BCUT2D eigenvalue weighted by molar-refractivity contribution is 7.10. The van der Waals surface area contributed by atoms with Gasteiger partial charge in [-0.2, -0.15) is 0 Å². The van der Waals surface area contributed by atoms with Crippen molar-refractivity contribution in [2.24, 2.45) is 0 Å². The van der Waals surface area contributed by atoms with Crippen molar-refractivity contribution >= 4 is 22.9 Å². The Kier molecular flexibility index (Phi) is 6.62. The van der Waals surface area contributed by atoms with Crippen molar-refractivity contribution in [3.8, 4) is 0 Å². The second-order valence-electron chi connectivity index (χ2n) is 5.51. The maximum atomic E-state index is 12.4. The normalized spacial score (nSPS) is 13.3. The number of benzene rings is 1. The summed E-state index contributed by atoms with van der Waals surface area (Å²) in [5.41, 5.74) is 0.951. The number of amides is 1. The Morgan fingerprint density at radius 2 is 2.00 bits per heavy atom. The number of hydrogen-bond acceptors (Lipinski definition) is 4. The molecule has 0 saturated carbocycles. The molecule has 1 amide bonds. The summed E-state index contributed by atoms with van der Waals surface area (Å²) >= 11 is 1.64. The summed E-state index contributed by atoms with van der Waals surface area (Å²) in [5.74, 6) is -0.0401. The molecule has 1 aromatic heterocycles. The van der Waals surface area contributed by atoms with Gasteiger partial charge in [-0.25, -0.2) is 0 Å². The van der Waals surface area contributed by atoms with Gasteiger partial charge in [0, 0.05) is 10.6 Å². The number of para-hydroxylation sites is 1. The number of thiophene rings is 1.